The maximum absolute atomic E-state index is 5.84. The molecule has 4 rings (SSSR count). The second kappa shape index (κ2) is 5.79. The van der Waals surface area contributed by atoms with Crippen LogP contribution in [0.1, 0.15) is 5.69 Å². The van der Waals surface area contributed by atoms with Crippen LogP contribution in [-0.4, -0.2) is 41.9 Å². The van der Waals surface area contributed by atoms with Crippen molar-refractivity contribution in [1.29, 1.82) is 0 Å². The molecular formula is C17H19N5O. The first kappa shape index (κ1) is 13.9. The average molecular weight is 309 g/mol. The second-order valence-corrected chi connectivity index (χ2v) is 5.74. The molecule has 3 aromatic rings. The predicted molar refractivity (Wildman–Crippen MR) is 91.3 cm³/mol. The largest absolute Gasteiger partial charge is 0.493 e. The number of benzene rings is 1. The van der Waals surface area contributed by atoms with E-state index in [0.29, 0.717) is 6.61 Å². The van der Waals surface area contributed by atoms with Crippen LogP contribution in [0, 0.1) is 0 Å². The van der Waals surface area contributed by atoms with Gasteiger partial charge in [-0.05, 0) is 30.3 Å². The molecule has 0 aliphatic carbocycles. The number of likely N-dealkylation sites (N-methyl/N-ethyl adjacent to an activating group) is 1. The van der Waals surface area contributed by atoms with E-state index < -0.39 is 0 Å². The Hall–Kier alpha value is -2.76. The number of pyridine rings is 1. The van der Waals surface area contributed by atoms with Gasteiger partial charge in [0.1, 0.15) is 11.6 Å². The molecule has 6 heteroatoms. The van der Waals surface area contributed by atoms with Gasteiger partial charge in [0.05, 0.1) is 24.0 Å². The van der Waals surface area contributed by atoms with Gasteiger partial charge in [-0.3, -0.25) is 5.10 Å². The van der Waals surface area contributed by atoms with Gasteiger partial charge in [0.25, 0.3) is 0 Å². The number of nitrogens with zero attached hydrogens (tertiary/aromatic N) is 3. The fourth-order valence-corrected chi connectivity index (χ4v) is 2.82. The van der Waals surface area contributed by atoms with Crippen LogP contribution in [0.2, 0.25) is 0 Å². The number of anilines is 2. The summed E-state index contributed by atoms with van der Waals surface area (Å²) in [5.74, 6) is 1.82. The quantitative estimate of drug-likeness (QED) is 0.775. The molecule has 3 heterocycles. The highest BCUT2D eigenvalue weighted by atomic mass is 16.5. The summed E-state index contributed by atoms with van der Waals surface area (Å²) in [6.45, 7) is 2.54. The number of hydrogen-bond donors (Lipinski definition) is 2. The second-order valence-electron chi connectivity index (χ2n) is 5.74. The van der Waals surface area contributed by atoms with Crippen LogP contribution in [-0.2, 0) is 6.42 Å². The van der Waals surface area contributed by atoms with E-state index in [2.05, 4.69) is 44.6 Å². The van der Waals surface area contributed by atoms with E-state index in [9.17, 15) is 0 Å². The number of aromatic amines is 1. The molecule has 1 aliphatic rings. The molecule has 0 fully saturated rings. The molecule has 0 bridgehead atoms. The van der Waals surface area contributed by atoms with Crippen molar-refractivity contribution in [2.45, 2.75) is 6.42 Å². The van der Waals surface area contributed by atoms with Gasteiger partial charge in [-0.2, -0.15) is 5.10 Å². The minimum Gasteiger partial charge on any atom is -0.493 e. The molecule has 0 saturated carbocycles. The van der Waals surface area contributed by atoms with E-state index >= 15 is 0 Å². The lowest BCUT2D eigenvalue weighted by atomic mass is 10.2. The van der Waals surface area contributed by atoms with Crippen molar-refractivity contribution in [2.24, 2.45) is 0 Å². The molecule has 0 radical (unpaired) electrons. The van der Waals surface area contributed by atoms with Crippen LogP contribution >= 0.6 is 0 Å². The fourth-order valence-electron chi connectivity index (χ4n) is 2.82. The van der Waals surface area contributed by atoms with E-state index in [4.69, 9.17) is 4.74 Å². The summed E-state index contributed by atoms with van der Waals surface area (Å²) in [7, 11) is 2.09. The minimum atomic E-state index is 0.602. The van der Waals surface area contributed by atoms with Gasteiger partial charge < -0.3 is 15.0 Å². The maximum atomic E-state index is 5.84. The topological polar surface area (TPSA) is 66.1 Å². The molecule has 2 N–H and O–H groups in total. The van der Waals surface area contributed by atoms with Crippen molar-refractivity contribution < 1.29 is 4.74 Å². The van der Waals surface area contributed by atoms with E-state index in [1.165, 1.54) is 0 Å². The monoisotopic (exact) mass is 309 g/mol. The third kappa shape index (κ3) is 2.79. The zero-order valence-corrected chi connectivity index (χ0v) is 13.0. The van der Waals surface area contributed by atoms with Crippen molar-refractivity contribution in [1.82, 2.24) is 15.2 Å². The molecule has 1 aromatic carbocycles. The van der Waals surface area contributed by atoms with Crippen molar-refractivity contribution in [3.63, 3.8) is 0 Å². The van der Waals surface area contributed by atoms with Crippen molar-refractivity contribution in [3.8, 4) is 5.75 Å². The van der Waals surface area contributed by atoms with Crippen molar-refractivity contribution >= 4 is 22.4 Å². The van der Waals surface area contributed by atoms with Gasteiger partial charge in [-0.25, -0.2) is 4.98 Å². The van der Waals surface area contributed by atoms with Crippen molar-refractivity contribution in [3.05, 3.63) is 42.2 Å². The first-order valence-corrected chi connectivity index (χ1v) is 7.80. The number of aromatic nitrogens is 3. The minimum absolute atomic E-state index is 0.602. The van der Waals surface area contributed by atoms with Crippen LogP contribution in [0.3, 0.4) is 0 Å². The van der Waals surface area contributed by atoms with Crippen LogP contribution in [0.4, 0.5) is 11.5 Å². The SMILES string of the molecule is CN1CCNc2nc(CCOc3ccc4[nH]ncc4c3)ccc21. The first-order valence-electron chi connectivity index (χ1n) is 7.80. The smallest absolute Gasteiger partial charge is 0.149 e. The summed E-state index contributed by atoms with van der Waals surface area (Å²) in [5.41, 5.74) is 3.21. The van der Waals surface area contributed by atoms with Gasteiger partial charge in [-0.15, -0.1) is 0 Å². The lowest BCUT2D eigenvalue weighted by Crippen LogP contribution is -2.31. The van der Waals surface area contributed by atoms with Crippen LogP contribution in [0.5, 0.6) is 5.75 Å². The predicted octanol–water partition coefficient (Wildman–Crippen LogP) is 2.44. The summed E-state index contributed by atoms with van der Waals surface area (Å²) in [6, 6.07) is 10.1. The first-order chi connectivity index (χ1) is 11.3. The van der Waals surface area contributed by atoms with Crippen molar-refractivity contribution in [2.75, 3.05) is 37.0 Å². The fraction of sp³-hybridized carbons (Fsp3) is 0.294. The summed E-state index contributed by atoms with van der Waals surface area (Å²) in [4.78, 5) is 6.91. The molecule has 6 nitrogen and oxygen atoms in total. The van der Waals surface area contributed by atoms with Crippen LogP contribution in [0.15, 0.2) is 36.5 Å². The summed E-state index contributed by atoms with van der Waals surface area (Å²) >= 11 is 0. The molecule has 23 heavy (non-hydrogen) atoms. The number of nitrogens with one attached hydrogen (secondary N) is 2. The standard InChI is InChI=1S/C17H19N5O/c1-22-8-7-18-17-16(22)5-2-13(20-17)6-9-23-14-3-4-15-12(10-14)11-19-21-15/h2-5,10-11H,6-9H2,1H3,(H,18,20)(H,19,21). The average Bonchev–Trinajstić information content (AvgIpc) is 3.03. The molecule has 0 saturated heterocycles. The Morgan fingerprint density at radius 2 is 2.22 bits per heavy atom. The Morgan fingerprint density at radius 1 is 1.26 bits per heavy atom. The Kier molecular flexibility index (Phi) is 3.49. The molecular weight excluding hydrogens is 290 g/mol. The Labute approximate surface area is 134 Å². The van der Waals surface area contributed by atoms with Gasteiger partial charge in [0.15, 0.2) is 0 Å². The molecule has 118 valence electrons. The van der Waals surface area contributed by atoms with E-state index in [1.807, 2.05) is 18.2 Å². The molecule has 0 atom stereocenters. The number of rotatable bonds is 4. The number of H-pyrrole nitrogens is 1. The highest BCUT2D eigenvalue weighted by Gasteiger charge is 2.14. The van der Waals surface area contributed by atoms with E-state index in [0.717, 1.165) is 53.4 Å². The zero-order chi connectivity index (χ0) is 15.6. The third-order valence-electron chi connectivity index (χ3n) is 4.12. The number of fused-ring (bicyclic) bond motifs is 2. The Morgan fingerprint density at radius 3 is 3.17 bits per heavy atom. The van der Waals surface area contributed by atoms with Gasteiger partial charge in [0, 0.05) is 37.6 Å². The molecule has 0 unspecified atom stereocenters. The lowest BCUT2D eigenvalue weighted by molar-refractivity contribution is 0.321. The third-order valence-corrected chi connectivity index (χ3v) is 4.12. The van der Waals surface area contributed by atoms with Gasteiger partial charge >= 0.3 is 0 Å². The number of hydrogen-bond acceptors (Lipinski definition) is 5. The van der Waals surface area contributed by atoms with Crippen LogP contribution < -0.4 is 15.0 Å². The van der Waals surface area contributed by atoms with Crippen LogP contribution in [0.25, 0.3) is 10.9 Å². The Balaban J connectivity index is 1.41. The summed E-state index contributed by atoms with van der Waals surface area (Å²) in [6.07, 6.45) is 2.58. The molecule has 2 aromatic heterocycles. The normalized spacial score (nSPS) is 13.7. The number of ether oxygens (including phenoxy) is 1. The lowest BCUT2D eigenvalue weighted by Gasteiger charge is -2.27. The van der Waals surface area contributed by atoms with Gasteiger partial charge in [-0.1, -0.05) is 0 Å². The summed E-state index contributed by atoms with van der Waals surface area (Å²) in [5, 5.41) is 11.4. The van der Waals surface area contributed by atoms with E-state index in [-0.39, 0.29) is 0 Å². The zero-order valence-electron chi connectivity index (χ0n) is 13.0. The van der Waals surface area contributed by atoms with Gasteiger partial charge in [0.2, 0.25) is 0 Å². The Bertz CT molecular complexity index is 829. The molecule has 0 spiro atoms. The maximum Gasteiger partial charge on any atom is 0.149 e. The highest BCUT2D eigenvalue weighted by molar-refractivity contribution is 5.79. The summed E-state index contributed by atoms with van der Waals surface area (Å²) < 4.78 is 5.84. The highest BCUT2D eigenvalue weighted by Crippen LogP contribution is 2.26. The molecule has 1 aliphatic heterocycles. The molecule has 0 amide bonds. The van der Waals surface area contributed by atoms with E-state index in [1.54, 1.807) is 6.20 Å².